The van der Waals surface area contributed by atoms with Gasteiger partial charge in [-0.3, -0.25) is 4.98 Å². The summed E-state index contributed by atoms with van der Waals surface area (Å²) >= 11 is 1.76. The number of pyridine rings is 1. The summed E-state index contributed by atoms with van der Waals surface area (Å²) in [6, 6.07) is 2.12. The highest BCUT2D eigenvalue weighted by molar-refractivity contribution is 7.22. The number of fused-ring (bicyclic) bond motifs is 1. The zero-order valence-electron chi connectivity index (χ0n) is 14.4. The third-order valence-electron chi connectivity index (χ3n) is 4.63. The van der Waals surface area contributed by atoms with E-state index in [-0.39, 0.29) is 0 Å². The lowest BCUT2D eigenvalue weighted by atomic mass is 10.2. The molecule has 1 saturated heterocycles. The first kappa shape index (κ1) is 15.4. The monoisotopic (exact) mass is 342 g/mol. The summed E-state index contributed by atoms with van der Waals surface area (Å²) in [4.78, 5) is 13.9. The van der Waals surface area contributed by atoms with Crippen molar-refractivity contribution in [3.05, 3.63) is 29.7 Å². The van der Waals surface area contributed by atoms with E-state index in [1.165, 1.54) is 16.0 Å². The van der Waals surface area contributed by atoms with Gasteiger partial charge in [-0.25, -0.2) is 9.67 Å². The van der Waals surface area contributed by atoms with Crippen LogP contribution in [0.5, 0.6) is 0 Å². The lowest BCUT2D eigenvalue weighted by Gasteiger charge is -2.24. The molecule has 0 aliphatic carbocycles. The van der Waals surface area contributed by atoms with Crippen LogP contribution in [0.1, 0.15) is 17.7 Å². The number of thiazole rings is 1. The zero-order chi connectivity index (χ0) is 16.7. The summed E-state index contributed by atoms with van der Waals surface area (Å²) in [5.41, 5.74) is 4.61. The van der Waals surface area contributed by atoms with E-state index in [0.29, 0.717) is 0 Å². The largest absolute Gasteiger partial charge is 0.369 e. The van der Waals surface area contributed by atoms with Crippen molar-refractivity contribution in [1.29, 1.82) is 0 Å². The Morgan fingerprint density at radius 3 is 2.67 bits per heavy atom. The molecule has 0 unspecified atom stereocenters. The lowest BCUT2D eigenvalue weighted by Crippen LogP contribution is -2.31. The van der Waals surface area contributed by atoms with Gasteiger partial charge in [0.25, 0.3) is 0 Å². The predicted octanol–water partition coefficient (Wildman–Crippen LogP) is 2.76. The van der Waals surface area contributed by atoms with Gasteiger partial charge in [0, 0.05) is 51.3 Å². The molecule has 0 N–H and O–H groups in total. The molecule has 0 saturated carbocycles. The molecule has 126 valence electrons. The van der Waals surface area contributed by atoms with E-state index >= 15 is 0 Å². The van der Waals surface area contributed by atoms with E-state index in [1.807, 2.05) is 24.1 Å². The van der Waals surface area contributed by atoms with E-state index in [9.17, 15) is 0 Å². The third-order valence-corrected chi connectivity index (χ3v) is 5.85. The van der Waals surface area contributed by atoms with Crippen molar-refractivity contribution in [3.63, 3.8) is 0 Å². The average molecular weight is 342 g/mol. The minimum absolute atomic E-state index is 0.994. The number of hydrogen-bond donors (Lipinski definition) is 0. The Morgan fingerprint density at radius 2 is 1.88 bits per heavy atom. The number of aryl methyl sites for hydroxylation is 3. The summed E-state index contributed by atoms with van der Waals surface area (Å²) < 4.78 is 3.09. The molecule has 0 aromatic carbocycles. The molecule has 3 aromatic heterocycles. The molecule has 1 aliphatic rings. The standard InChI is InChI=1S/C17H22N6S/c1-12-11-18-6-5-14(12)22-7-4-8-23(10-9-22)17-19-16-15(24-17)13(2)20-21(16)3/h5-6,11H,4,7-10H2,1-3H3. The van der Waals surface area contributed by atoms with Crippen LogP contribution in [0, 0.1) is 13.8 Å². The van der Waals surface area contributed by atoms with Crippen LogP contribution in [0.2, 0.25) is 0 Å². The van der Waals surface area contributed by atoms with Gasteiger partial charge in [0.1, 0.15) is 0 Å². The molecule has 1 aliphatic heterocycles. The highest BCUT2D eigenvalue weighted by Gasteiger charge is 2.20. The molecule has 1 fully saturated rings. The summed E-state index contributed by atoms with van der Waals surface area (Å²) in [6.45, 7) is 8.32. The fourth-order valence-corrected chi connectivity index (χ4v) is 4.46. The number of anilines is 2. The molecular formula is C17H22N6S. The van der Waals surface area contributed by atoms with Crippen molar-refractivity contribution >= 4 is 32.5 Å². The minimum atomic E-state index is 0.994. The number of hydrogen-bond acceptors (Lipinski definition) is 6. The highest BCUT2D eigenvalue weighted by atomic mass is 32.1. The van der Waals surface area contributed by atoms with Gasteiger partial charge in [0.15, 0.2) is 10.8 Å². The van der Waals surface area contributed by atoms with Crippen LogP contribution >= 0.6 is 11.3 Å². The number of nitrogens with zero attached hydrogens (tertiary/aromatic N) is 6. The summed E-state index contributed by atoms with van der Waals surface area (Å²) in [5, 5.41) is 5.57. The Morgan fingerprint density at radius 1 is 1.08 bits per heavy atom. The quantitative estimate of drug-likeness (QED) is 0.717. The lowest BCUT2D eigenvalue weighted by molar-refractivity contribution is 0.768. The van der Waals surface area contributed by atoms with Gasteiger partial charge in [0.2, 0.25) is 0 Å². The van der Waals surface area contributed by atoms with Crippen LogP contribution in [0.15, 0.2) is 18.5 Å². The van der Waals surface area contributed by atoms with Crippen molar-refractivity contribution < 1.29 is 0 Å². The summed E-state index contributed by atoms with van der Waals surface area (Å²) in [7, 11) is 1.97. The van der Waals surface area contributed by atoms with Gasteiger partial charge in [-0.15, -0.1) is 0 Å². The van der Waals surface area contributed by atoms with Crippen LogP contribution in [-0.2, 0) is 7.05 Å². The Labute approximate surface area is 145 Å². The molecule has 4 rings (SSSR count). The second kappa shape index (κ2) is 6.05. The Bertz CT molecular complexity index is 833. The molecule has 0 atom stereocenters. The molecule has 0 bridgehead atoms. The summed E-state index contributed by atoms with van der Waals surface area (Å²) in [6.07, 6.45) is 4.96. The minimum Gasteiger partial charge on any atom is -0.369 e. The molecule has 3 aromatic rings. The molecule has 7 heteroatoms. The smallest absolute Gasteiger partial charge is 0.188 e. The molecule has 0 amide bonds. The van der Waals surface area contributed by atoms with Crippen LogP contribution in [0.4, 0.5) is 10.8 Å². The molecule has 6 nitrogen and oxygen atoms in total. The predicted molar refractivity (Wildman–Crippen MR) is 99.1 cm³/mol. The fourth-order valence-electron chi connectivity index (χ4n) is 3.38. The van der Waals surface area contributed by atoms with Crippen molar-refractivity contribution in [2.75, 3.05) is 36.0 Å². The van der Waals surface area contributed by atoms with E-state index < -0.39 is 0 Å². The SMILES string of the molecule is Cc1cnccc1N1CCCN(c2nc3c(s2)c(C)nn3C)CC1. The maximum absolute atomic E-state index is 4.83. The average Bonchev–Trinajstić information content (AvgIpc) is 3.01. The molecule has 0 spiro atoms. The van der Waals surface area contributed by atoms with Crippen LogP contribution in [-0.4, -0.2) is 45.9 Å². The van der Waals surface area contributed by atoms with Crippen molar-refractivity contribution in [2.45, 2.75) is 20.3 Å². The normalized spacial score (nSPS) is 16.0. The van der Waals surface area contributed by atoms with Gasteiger partial charge in [-0.1, -0.05) is 11.3 Å². The molecule has 24 heavy (non-hydrogen) atoms. The van der Waals surface area contributed by atoms with Crippen molar-refractivity contribution in [1.82, 2.24) is 19.7 Å². The highest BCUT2D eigenvalue weighted by Crippen LogP contribution is 2.31. The van der Waals surface area contributed by atoms with Crippen LogP contribution in [0.3, 0.4) is 0 Å². The molecule has 0 radical (unpaired) electrons. The fraction of sp³-hybridized carbons (Fsp3) is 0.471. The third kappa shape index (κ3) is 2.62. The Balaban J connectivity index is 1.55. The first-order valence-corrected chi connectivity index (χ1v) is 9.16. The topological polar surface area (TPSA) is 50.1 Å². The van der Waals surface area contributed by atoms with E-state index in [1.54, 1.807) is 11.3 Å². The summed E-state index contributed by atoms with van der Waals surface area (Å²) in [5.74, 6) is 0. The van der Waals surface area contributed by atoms with E-state index in [0.717, 1.165) is 49.1 Å². The van der Waals surface area contributed by atoms with Crippen molar-refractivity contribution in [3.8, 4) is 0 Å². The van der Waals surface area contributed by atoms with E-state index in [2.05, 4.69) is 39.8 Å². The number of rotatable bonds is 2. The molecular weight excluding hydrogens is 320 g/mol. The van der Waals surface area contributed by atoms with Gasteiger partial charge in [-0.05, 0) is 31.9 Å². The van der Waals surface area contributed by atoms with Gasteiger partial charge < -0.3 is 9.80 Å². The van der Waals surface area contributed by atoms with Crippen LogP contribution < -0.4 is 9.80 Å². The van der Waals surface area contributed by atoms with Crippen LogP contribution in [0.25, 0.3) is 10.3 Å². The van der Waals surface area contributed by atoms with Crippen molar-refractivity contribution in [2.24, 2.45) is 7.05 Å². The first-order chi connectivity index (χ1) is 11.6. The van der Waals surface area contributed by atoms with Gasteiger partial charge in [-0.2, -0.15) is 5.10 Å². The second-order valence-corrected chi connectivity index (χ2v) is 7.33. The van der Waals surface area contributed by atoms with Gasteiger partial charge in [0.05, 0.1) is 10.4 Å². The Kier molecular flexibility index (Phi) is 3.88. The van der Waals surface area contributed by atoms with E-state index in [4.69, 9.17) is 4.98 Å². The zero-order valence-corrected chi connectivity index (χ0v) is 15.2. The maximum atomic E-state index is 4.83. The molecule has 4 heterocycles. The van der Waals surface area contributed by atoms with Gasteiger partial charge >= 0.3 is 0 Å². The maximum Gasteiger partial charge on any atom is 0.188 e. The number of aromatic nitrogens is 4. The second-order valence-electron chi connectivity index (χ2n) is 6.35. The Hall–Kier alpha value is -2.15. The first-order valence-electron chi connectivity index (χ1n) is 8.34.